The predicted molar refractivity (Wildman–Crippen MR) is 66.3 cm³/mol. The van der Waals surface area contributed by atoms with Gasteiger partial charge in [-0.2, -0.15) is 11.8 Å². The zero-order valence-corrected chi connectivity index (χ0v) is 11.2. The van der Waals surface area contributed by atoms with Crippen molar-refractivity contribution >= 4 is 23.8 Å². The average molecular weight is 261 g/mol. The first-order chi connectivity index (χ1) is 7.75. The molecule has 1 fully saturated rings. The Bertz CT molecular complexity index is 305. The Morgan fingerprint density at radius 1 is 1.41 bits per heavy atom. The van der Waals surface area contributed by atoms with E-state index >= 15 is 0 Å². The number of hydrogen-bond acceptors (Lipinski definition) is 4. The zero-order chi connectivity index (χ0) is 13.1. The molecule has 98 valence electrons. The second-order valence-corrected chi connectivity index (χ2v) is 6.28. The quantitative estimate of drug-likeness (QED) is 0.793. The van der Waals surface area contributed by atoms with Gasteiger partial charge in [0.25, 0.3) is 0 Å². The summed E-state index contributed by atoms with van der Waals surface area (Å²) in [6.45, 7) is 5.24. The number of carboxylic acids is 1. The second kappa shape index (κ2) is 5.16. The lowest BCUT2D eigenvalue weighted by Crippen LogP contribution is -2.58. The lowest BCUT2D eigenvalue weighted by Gasteiger charge is -2.34. The molecular weight excluding hydrogens is 242 g/mol. The van der Waals surface area contributed by atoms with Gasteiger partial charge in [0.1, 0.15) is 11.1 Å². The number of carbonyl (C=O) groups is 2. The molecule has 1 saturated heterocycles. The number of thioether (sulfide) groups is 1. The highest BCUT2D eigenvalue weighted by Crippen LogP contribution is 2.27. The van der Waals surface area contributed by atoms with Gasteiger partial charge in [-0.15, -0.1) is 0 Å². The number of hydrogen-bond donors (Lipinski definition) is 2. The second-order valence-electron chi connectivity index (χ2n) is 5.17. The Balaban J connectivity index is 2.67. The largest absolute Gasteiger partial charge is 0.479 e. The van der Waals surface area contributed by atoms with Crippen molar-refractivity contribution in [3.8, 4) is 0 Å². The van der Waals surface area contributed by atoms with Gasteiger partial charge in [0.2, 0.25) is 0 Å². The Kier molecular flexibility index (Phi) is 4.30. The average Bonchev–Trinajstić information content (AvgIpc) is 2.15. The number of carbonyl (C=O) groups excluding carboxylic acids is 1. The van der Waals surface area contributed by atoms with Gasteiger partial charge in [-0.3, -0.25) is 0 Å². The molecule has 2 N–H and O–H groups in total. The van der Waals surface area contributed by atoms with Gasteiger partial charge in [-0.1, -0.05) is 0 Å². The third kappa shape index (κ3) is 4.11. The number of nitrogens with one attached hydrogen (secondary N) is 1. The van der Waals surface area contributed by atoms with E-state index in [9.17, 15) is 14.7 Å². The fraction of sp³-hybridized carbons (Fsp3) is 0.818. The molecule has 6 heteroatoms. The monoisotopic (exact) mass is 261 g/mol. The van der Waals surface area contributed by atoms with Crippen LogP contribution in [-0.4, -0.2) is 39.8 Å². The molecule has 17 heavy (non-hydrogen) atoms. The summed E-state index contributed by atoms with van der Waals surface area (Å²) in [5.74, 6) is 0.336. The number of carboxylic acid groups (broad SMARTS) is 1. The number of rotatable bonds is 2. The molecule has 0 aromatic heterocycles. The summed E-state index contributed by atoms with van der Waals surface area (Å²) in [6.07, 6.45) is 0.573. The summed E-state index contributed by atoms with van der Waals surface area (Å²) in [5.41, 5.74) is -1.79. The standard InChI is InChI=1S/C11H19NO4S/c1-10(2,3)16-9(15)12-11(8(13)14)5-4-6-17-7-11/h4-7H2,1-3H3,(H,12,15)(H,13,14)/t11-/m0/s1. The van der Waals surface area contributed by atoms with E-state index in [0.717, 1.165) is 12.2 Å². The van der Waals surface area contributed by atoms with Gasteiger partial charge in [-0.25, -0.2) is 9.59 Å². The van der Waals surface area contributed by atoms with Crippen LogP contribution in [0, 0.1) is 0 Å². The molecule has 1 aliphatic heterocycles. The third-order valence-corrected chi connectivity index (χ3v) is 3.66. The number of amides is 1. The van der Waals surface area contributed by atoms with Crippen molar-refractivity contribution in [1.29, 1.82) is 0 Å². The fourth-order valence-electron chi connectivity index (χ4n) is 1.61. The number of ether oxygens (including phenoxy) is 1. The molecule has 1 amide bonds. The first-order valence-electron chi connectivity index (χ1n) is 5.57. The van der Waals surface area contributed by atoms with Crippen molar-refractivity contribution in [2.45, 2.75) is 44.8 Å². The van der Waals surface area contributed by atoms with E-state index in [1.54, 1.807) is 20.8 Å². The highest BCUT2D eigenvalue weighted by atomic mass is 32.2. The molecule has 0 unspecified atom stereocenters. The molecule has 1 rings (SSSR count). The summed E-state index contributed by atoms with van der Waals surface area (Å²) in [5, 5.41) is 11.8. The minimum Gasteiger partial charge on any atom is -0.479 e. The van der Waals surface area contributed by atoms with Crippen LogP contribution in [0.5, 0.6) is 0 Å². The lowest BCUT2D eigenvalue weighted by atomic mass is 9.96. The Morgan fingerprint density at radius 3 is 2.47 bits per heavy atom. The maximum absolute atomic E-state index is 11.6. The number of alkyl carbamates (subject to hydrolysis) is 1. The van der Waals surface area contributed by atoms with Gasteiger partial charge >= 0.3 is 12.1 Å². The van der Waals surface area contributed by atoms with Crippen LogP contribution in [0.1, 0.15) is 33.6 Å². The Hall–Kier alpha value is -0.910. The first kappa shape index (κ1) is 14.2. The molecule has 5 nitrogen and oxygen atoms in total. The normalized spacial score (nSPS) is 25.1. The van der Waals surface area contributed by atoms with E-state index in [1.165, 1.54) is 11.8 Å². The van der Waals surface area contributed by atoms with Gasteiger partial charge in [0.15, 0.2) is 0 Å². The van der Waals surface area contributed by atoms with Crippen LogP contribution < -0.4 is 5.32 Å². The van der Waals surface area contributed by atoms with Crippen molar-refractivity contribution in [1.82, 2.24) is 5.32 Å². The van der Waals surface area contributed by atoms with E-state index in [4.69, 9.17) is 4.74 Å². The summed E-state index contributed by atoms with van der Waals surface area (Å²) >= 11 is 1.54. The SMILES string of the molecule is CC(C)(C)OC(=O)N[C@@]1(C(=O)O)CCCSC1. The topological polar surface area (TPSA) is 75.6 Å². The van der Waals surface area contributed by atoms with Crippen LogP contribution in [0.4, 0.5) is 4.79 Å². The number of aliphatic carboxylic acids is 1. The van der Waals surface area contributed by atoms with E-state index in [2.05, 4.69) is 5.32 Å². The fourth-order valence-corrected chi connectivity index (χ4v) is 2.80. The van der Waals surface area contributed by atoms with Crippen LogP contribution in [0.25, 0.3) is 0 Å². The van der Waals surface area contributed by atoms with Gasteiger partial charge in [-0.05, 0) is 39.4 Å². The molecule has 0 bridgehead atoms. The minimum absolute atomic E-state index is 0.390. The smallest absolute Gasteiger partial charge is 0.408 e. The molecule has 0 spiro atoms. The molecular formula is C11H19NO4S. The zero-order valence-electron chi connectivity index (χ0n) is 10.4. The Labute approximate surface area is 105 Å². The molecule has 0 aromatic carbocycles. The summed E-state index contributed by atoms with van der Waals surface area (Å²) in [4.78, 5) is 22.9. The molecule has 0 aromatic rings. The van der Waals surface area contributed by atoms with Crippen LogP contribution in [-0.2, 0) is 9.53 Å². The van der Waals surface area contributed by atoms with Crippen LogP contribution >= 0.6 is 11.8 Å². The molecule has 1 atom stereocenters. The summed E-state index contributed by atoms with van der Waals surface area (Å²) in [6, 6.07) is 0. The van der Waals surface area contributed by atoms with Gasteiger partial charge < -0.3 is 15.2 Å². The van der Waals surface area contributed by atoms with E-state index in [0.29, 0.717) is 12.2 Å². The summed E-state index contributed by atoms with van der Waals surface area (Å²) < 4.78 is 5.09. The van der Waals surface area contributed by atoms with Gasteiger partial charge in [0.05, 0.1) is 0 Å². The van der Waals surface area contributed by atoms with Crippen molar-refractivity contribution in [2.24, 2.45) is 0 Å². The van der Waals surface area contributed by atoms with E-state index in [-0.39, 0.29) is 0 Å². The molecule has 0 saturated carbocycles. The predicted octanol–water partition coefficient (Wildman–Crippen LogP) is 1.86. The molecule has 1 aliphatic rings. The molecule has 0 aliphatic carbocycles. The van der Waals surface area contributed by atoms with Crippen LogP contribution in [0.2, 0.25) is 0 Å². The first-order valence-corrected chi connectivity index (χ1v) is 6.73. The van der Waals surface area contributed by atoms with Crippen molar-refractivity contribution in [3.05, 3.63) is 0 Å². The third-order valence-electron chi connectivity index (χ3n) is 2.39. The van der Waals surface area contributed by atoms with E-state index in [1.807, 2.05) is 0 Å². The maximum atomic E-state index is 11.6. The maximum Gasteiger partial charge on any atom is 0.408 e. The van der Waals surface area contributed by atoms with Crippen molar-refractivity contribution < 1.29 is 19.4 Å². The molecule has 1 heterocycles. The highest BCUT2D eigenvalue weighted by Gasteiger charge is 2.42. The minimum atomic E-state index is -1.18. The van der Waals surface area contributed by atoms with Gasteiger partial charge in [0, 0.05) is 5.75 Å². The lowest BCUT2D eigenvalue weighted by molar-refractivity contribution is -0.144. The van der Waals surface area contributed by atoms with E-state index < -0.39 is 23.2 Å². The Morgan fingerprint density at radius 2 is 2.06 bits per heavy atom. The van der Waals surface area contributed by atoms with Crippen LogP contribution in [0.15, 0.2) is 0 Å². The van der Waals surface area contributed by atoms with Crippen molar-refractivity contribution in [2.75, 3.05) is 11.5 Å². The highest BCUT2D eigenvalue weighted by molar-refractivity contribution is 7.99. The molecule has 0 radical (unpaired) electrons. The van der Waals surface area contributed by atoms with Crippen molar-refractivity contribution in [3.63, 3.8) is 0 Å². The summed E-state index contributed by atoms with van der Waals surface area (Å²) in [7, 11) is 0. The van der Waals surface area contributed by atoms with Crippen LogP contribution in [0.3, 0.4) is 0 Å².